The van der Waals surface area contributed by atoms with Crippen molar-refractivity contribution in [2.45, 2.75) is 12.5 Å². The van der Waals surface area contributed by atoms with E-state index < -0.39 is 6.04 Å². The van der Waals surface area contributed by atoms with Gasteiger partial charge in [0.25, 0.3) is 0 Å². The molecular formula is C8H11NO2Se. The normalized spacial score (nSPS) is 12.5. The van der Waals surface area contributed by atoms with Crippen molar-refractivity contribution >= 4 is 20.5 Å². The number of carbonyl (C=O) groups is 1. The van der Waals surface area contributed by atoms with Gasteiger partial charge >= 0.3 is 76.8 Å². The van der Waals surface area contributed by atoms with Gasteiger partial charge in [-0.1, -0.05) is 0 Å². The Kier molecular flexibility index (Phi) is 3.53. The van der Waals surface area contributed by atoms with Gasteiger partial charge in [0.2, 0.25) is 0 Å². The minimum atomic E-state index is -0.497. The zero-order chi connectivity index (χ0) is 8.97. The first kappa shape index (κ1) is 9.52. The monoisotopic (exact) mass is 233 g/mol. The number of hydrogen-bond acceptors (Lipinski definition) is 3. The first-order valence-electron chi connectivity index (χ1n) is 3.60. The molecule has 2 N–H and O–H groups in total. The van der Waals surface area contributed by atoms with Crippen LogP contribution in [0.4, 0.5) is 0 Å². The Morgan fingerprint density at radius 2 is 2.58 bits per heavy atom. The second-order valence-electron chi connectivity index (χ2n) is 2.41. The predicted octanol–water partition coefficient (Wildman–Crippen LogP) is -0.214. The predicted molar refractivity (Wildman–Crippen MR) is 47.1 cm³/mol. The molecule has 1 heterocycles. The molecule has 66 valence electrons. The van der Waals surface area contributed by atoms with Gasteiger partial charge < -0.3 is 0 Å². The molecule has 0 aliphatic heterocycles. The van der Waals surface area contributed by atoms with Crippen LogP contribution in [-0.4, -0.2) is 33.6 Å². The maximum atomic E-state index is 10.9. The van der Waals surface area contributed by atoms with Crippen LogP contribution in [0.3, 0.4) is 0 Å². The summed E-state index contributed by atoms with van der Waals surface area (Å²) in [5.41, 5.74) is 5.57. The average molecular weight is 232 g/mol. The number of methoxy groups -OCH3 is 1. The summed E-state index contributed by atoms with van der Waals surface area (Å²) in [6, 6.07) is 3.52. The average Bonchev–Trinajstić information content (AvgIpc) is 2.55. The van der Waals surface area contributed by atoms with Crippen LogP contribution in [0.15, 0.2) is 17.1 Å². The van der Waals surface area contributed by atoms with E-state index in [4.69, 9.17) is 5.73 Å². The van der Waals surface area contributed by atoms with Crippen LogP contribution in [-0.2, 0) is 16.0 Å². The van der Waals surface area contributed by atoms with Gasteiger partial charge in [0.1, 0.15) is 0 Å². The van der Waals surface area contributed by atoms with Gasteiger partial charge in [-0.3, -0.25) is 0 Å². The molecule has 1 rings (SSSR count). The maximum absolute atomic E-state index is 10.9. The van der Waals surface area contributed by atoms with E-state index in [-0.39, 0.29) is 5.97 Å². The van der Waals surface area contributed by atoms with Gasteiger partial charge in [-0.05, 0) is 0 Å². The summed E-state index contributed by atoms with van der Waals surface area (Å²) in [4.78, 5) is 13.0. The van der Waals surface area contributed by atoms with Crippen LogP contribution < -0.4 is 5.73 Å². The summed E-state index contributed by atoms with van der Waals surface area (Å²) in [5, 5.41) is 0. The topological polar surface area (TPSA) is 52.3 Å². The molecule has 0 aliphatic rings. The van der Waals surface area contributed by atoms with E-state index in [0.29, 0.717) is 20.9 Å². The molecule has 0 fully saturated rings. The van der Waals surface area contributed by atoms with Crippen LogP contribution in [0.1, 0.15) is 4.44 Å². The Hall–Kier alpha value is -0.571. The minimum absolute atomic E-state index is 0.335. The van der Waals surface area contributed by atoms with E-state index in [2.05, 4.69) is 9.68 Å². The first-order chi connectivity index (χ1) is 5.74. The quantitative estimate of drug-likeness (QED) is 0.579. The third kappa shape index (κ3) is 2.48. The van der Waals surface area contributed by atoms with Crippen LogP contribution in [0.2, 0.25) is 0 Å². The van der Waals surface area contributed by atoms with Crippen molar-refractivity contribution < 1.29 is 9.53 Å². The molecule has 0 aromatic carbocycles. The number of rotatable bonds is 3. The van der Waals surface area contributed by atoms with Crippen molar-refractivity contribution in [3.05, 3.63) is 21.5 Å². The fraction of sp³-hybridized carbons (Fsp3) is 0.375. The van der Waals surface area contributed by atoms with Crippen LogP contribution >= 0.6 is 0 Å². The van der Waals surface area contributed by atoms with Crippen molar-refractivity contribution in [2.75, 3.05) is 7.11 Å². The SMILES string of the molecule is COC(=O)[C@@H](N)Cc1ccc[se]1. The van der Waals surface area contributed by atoms with Gasteiger partial charge in [-0.15, -0.1) is 0 Å². The molecule has 0 radical (unpaired) electrons. The number of nitrogens with two attached hydrogens (primary N) is 1. The van der Waals surface area contributed by atoms with E-state index in [9.17, 15) is 4.79 Å². The molecule has 12 heavy (non-hydrogen) atoms. The summed E-state index contributed by atoms with van der Waals surface area (Å²) >= 11 is 0.394. The van der Waals surface area contributed by atoms with Gasteiger partial charge in [-0.25, -0.2) is 0 Å². The molecule has 0 unspecified atom stereocenters. The van der Waals surface area contributed by atoms with E-state index >= 15 is 0 Å². The molecule has 0 amide bonds. The summed E-state index contributed by atoms with van der Waals surface area (Å²) in [6.07, 6.45) is 0.625. The summed E-state index contributed by atoms with van der Waals surface area (Å²) in [5.74, 6) is -0.335. The molecule has 0 saturated heterocycles. The molecule has 0 saturated carbocycles. The number of esters is 1. The molecule has 1 aromatic rings. The van der Waals surface area contributed by atoms with Gasteiger partial charge in [-0.2, -0.15) is 0 Å². The van der Waals surface area contributed by atoms with Crippen molar-refractivity contribution in [1.29, 1.82) is 0 Å². The number of carbonyl (C=O) groups excluding carboxylic acids is 1. The Balaban J connectivity index is 2.47. The van der Waals surface area contributed by atoms with E-state index in [1.165, 1.54) is 11.5 Å². The zero-order valence-corrected chi connectivity index (χ0v) is 8.53. The summed E-state index contributed by atoms with van der Waals surface area (Å²) < 4.78 is 5.77. The van der Waals surface area contributed by atoms with Crippen molar-refractivity contribution in [3.8, 4) is 0 Å². The van der Waals surface area contributed by atoms with Gasteiger partial charge in [0.15, 0.2) is 0 Å². The van der Waals surface area contributed by atoms with Gasteiger partial charge in [0.05, 0.1) is 0 Å². The molecule has 3 nitrogen and oxygen atoms in total. The van der Waals surface area contributed by atoms with E-state index in [0.717, 1.165) is 0 Å². The Morgan fingerprint density at radius 3 is 3.08 bits per heavy atom. The van der Waals surface area contributed by atoms with Crippen LogP contribution in [0.5, 0.6) is 0 Å². The molecule has 1 aromatic heterocycles. The molecule has 0 bridgehead atoms. The van der Waals surface area contributed by atoms with Crippen molar-refractivity contribution in [3.63, 3.8) is 0 Å². The van der Waals surface area contributed by atoms with Crippen LogP contribution in [0, 0.1) is 0 Å². The second kappa shape index (κ2) is 4.45. The number of hydrogen-bond donors (Lipinski definition) is 1. The Morgan fingerprint density at radius 1 is 1.83 bits per heavy atom. The molecular weight excluding hydrogens is 221 g/mol. The first-order valence-corrected chi connectivity index (χ1v) is 5.44. The van der Waals surface area contributed by atoms with Crippen molar-refractivity contribution in [2.24, 2.45) is 5.73 Å². The van der Waals surface area contributed by atoms with Crippen molar-refractivity contribution in [1.82, 2.24) is 0 Å². The third-order valence-corrected chi connectivity index (χ3v) is 3.39. The third-order valence-electron chi connectivity index (χ3n) is 1.51. The van der Waals surface area contributed by atoms with Gasteiger partial charge in [0, 0.05) is 0 Å². The fourth-order valence-electron chi connectivity index (χ4n) is 0.880. The second-order valence-corrected chi connectivity index (χ2v) is 4.58. The zero-order valence-electron chi connectivity index (χ0n) is 6.82. The standard InChI is InChI=1S/C8H11NO2Se/c1-11-8(10)7(9)5-6-3-2-4-12-6/h2-4,7H,5,9H2,1H3/t7-/m0/s1. The Labute approximate surface area is 77.3 Å². The molecule has 4 heteroatoms. The van der Waals surface area contributed by atoms with E-state index in [1.807, 2.05) is 12.1 Å². The van der Waals surface area contributed by atoms with E-state index in [1.54, 1.807) is 0 Å². The molecule has 0 aliphatic carbocycles. The molecule has 1 atom stereocenters. The fourth-order valence-corrected chi connectivity index (χ4v) is 2.48. The summed E-state index contributed by atoms with van der Waals surface area (Å²) in [6.45, 7) is 0. The summed E-state index contributed by atoms with van der Waals surface area (Å²) in [7, 11) is 1.36. The Bertz CT molecular complexity index is 246. The number of ether oxygens (including phenoxy) is 1. The van der Waals surface area contributed by atoms with Crippen LogP contribution in [0.25, 0.3) is 0 Å². The molecule has 0 spiro atoms.